The molecule has 1 heterocycles. The Morgan fingerprint density at radius 2 is 1.93 bits per heavy atom. The van der Waals surface area contributed by atoms with Gasteiger partial charge in [-0.3, -0.25) is 14.9 Å². The summed E-state index contributed by atoms with van der Waals surface area (Å²) in [4.78, 5) is 35.1. The molecule has 0 spiro atoms. The number of carbonyl (C=O) groups is 2. The van der Waals surface area contributed by atoms with Gasteiger partial charge in [0.1, 0.15) is 11.3 Å². The highest BCUT2D eigenvalue weighted by Crippen LogP contribution is 2.38. The number of esters is 1. The average Bonchev–Trinajstić information content (AvgIpc) is 3.43. The lowest BCUT2D eigenvalue weighted by Crippen LogP contribution is -2.16. The Morgan fingerprint density at radius 3 is 2.52 bits per heavy atom. The van der Waals surface area contributed by atoms with Crippen molar-refractivity contribution in [3.05, 3.63) is 56.9 Å². The van der Waals surface area contributed by atoms with Crippen molar-refractivity contribution >= 4 is 17.4 Å². The van der Waals surface area contributed by atoms with E-state index in [-0.39, 0.29) is 22.8 Å². The van der Waals surface area contributed by atoms with Gasteiger partial charge in [0.15, 0.2) is 6.61 Å². The van der Waals surface area contributed by atoms with Gasteiger partial charge in [-0.05, 0) is 38.8 Å². The number of nitro groups is 1. The molecule has 3 rings (SSSR count). The summed E-state index contributed by atoms with van der Waals surface area (Å²) in [5.41, 5.74) is 2.04. The highest BCUT2D eigenvalue weighted by Gasteiger charge is 2.28. The second kappa shape index (κ2) is 7.22. The number of Topliss-reactive ketones (excluding diaryl/α,β-unsaturated/α-hetero) is 1. The molecule has 0 atom stereocenters. The summed E-state index contributed by atoms with van der Waals surface area (Å²) in [6, 6.07) is 5.87. The van der Waals surface area contributed by atoms with Crippen molar-refractivity contribution in [2.45, 2.75) is 32.7 Å². The molecule has 1 aromatic carbocycles. The van der Waals surface area contributed by atoms with E-state index in [1.165, 1.54) is 19.2 Å². The zero-order chi connectivity index (χ0) is 19.7. The first-order valence-electron chi connectivity index (χ1n) is 8.54. The SMILES string of the molecule is COc1ccc([N+](=O)[O-])cc1C(=O)OCC(=O)c1cc(C)n(C2CC2)c1C. The number of benzene rings is 1. The fourth-order valence-electron chi connectivity index (χ4n) is 3.21. The van der Waals surface area contributed by atoms with Crippen LogP contribution in [0.15, 0.2) is 24.3 Å². The third-order valence-electron chi connectivity index (χ3n) is 4.64. The maximum atomic E-state index is 12.5. The number of hydrogen-bond donors (Lipinski definition) is 0. The van der Waals surface area contributed by atoms with Crippen molar-refractivity contribution in [2.24, 2.45) is 0 Å². The van der Waals surface area contributed by atoms with Gasteiger partial charge in [-0.2, -0.15) is 0 Å². The van der Waals surface area contributed by atoms with Gasteiger partial charge in [-0.1, -0.05) is 0 Å². The minimum Gasteiger partial charge on any atom is -0.496 e. The fraction of sp³-hybridized carbons (Fsp3) is 0.368. The van der Waals surface area contributed by atoms with Gasteiger partial charge >= 0.3 is 5.97 Å². The number of methoxy groups -OCH3 is 1. The molecule has 1 fully saturated rings. The van der Waals surface area contributed by atoms with Crippen LogP contribution in [0.1, 0.15) is 51.0 Å². The van der Waals surface area contributed by atoms with Gasteiger partial charge in [0.25, 0.3) is 5.69 Å². The van der Waals surface area contributed by atoms with Crippen molar-refractivity contribution in [1.29, 1.82) is 0 Å². The Bertz CT molecular complexity index is 927. The van der Waals surface area contributed by atoms with Crippen LogP contribution >= 0.6 is 0 Å². The fourth-order valence-corrected chi connectivity index (χ4v) is 3.21. The number of rotatable bonds is 7. The number of ketones is 1. The quantitative estimate of drug-likeness (QED) is 0.320. The number of carbonyl (C=O) groups excluding carboxylic acids is 2. The summed E-state index contributed by atoms with van der Waals surface area (Å²) < 4.78 is 12.3. The van der Waals surface area contributed by atoms with Crippen LogP contribution in [0, 0.1) is 24.0 Å². The van der Waals surface area contributed by atoms with E-state index >= 15 is 0 Å². The molecule has 0 aliphatic heterocycles. The molecule has 1 aliphatic rings. The highest BCUT2D eigenvalue weighted by molar-refractivity contribution is 6.01. The molecule has 8 nitrogen and oxygen atoms in total. The predicted molar refractivity (Wildman–Crippen MR) is 96.4 cm³/mol. The molecule has 1 aliphatic carbocycles. The second-order valence-electron chi connectivity index (χ2n) is 6.53. The van der Waals surface area contributed by atoms with E-state index in [9.17, 15) is 19.7 Å². The number of aromatic nitrogens is 1. The van der Waals surface area contributed by atoms with E-state index in [1.807, 2.05) is 13.8 Å². The van der Waals surface area contributed by atoms with E-state index in [0.29, 0.717) is 11.6 Å². The summed E-state index contributed by atoms with van der Waals surface area (Å²) in [6.07, 6.45) is 2.21. The van der Waals surface area contributed by atoms with Crippen molar-refractivity contribution in [3.8, 4) is 5.75 Å². The molecule has 0 radical (unpaired) electrons. The molecule has 1 saturated carbocycles. The Morgan fingerprint density at radius 1 is 1.22 bits per heavy atom. The largest absolute Gasteiger partial charge is 0.496 e. The van der Waals surface area contributed by atoms with Gasteiger partial charge in [0.2, 0.25) is 5.78 Å². The molecular weight excluding hydrogens is 352 g/mol. The first kappa shape index (κ1) is 18.6. The monoisotopic (exact) mass is 372 g/mol. The Hall–Kier alpha value is -3.16. The standard InChI is InChI=1S/C19H20N2O6/c1-11-8-15(12(2)20(11)13-4-5-13)17(22)10-27-19(23)16-9-14(21(24)25)6-7-18(16)26-3/h6-9,13H,4-5,10H2,1-3H3. The van der Waals surface area contributed by atoms with E-state index < -0.39 is 17.5 Å². The second-order valence-corrected chi connectivity index (χ2v) is 6.53. The minimum absolute atomic E-state index is 0.0945. The summed E-state index contributed by atoms with van der Waals surface area (Å²) in [6.45, 7) is 3.38. The molecule has 0 N–H and O–H groups in total. The normalized spacial score (nSPS) is 13.3. The Kier molecular flexibility index (Phi) is 4.98. The van der Waals surface area contributed by atoms with E-state index in [2.05, 4.69) is 4.57 Å². The molecule has 0 amide bonds. The summed E-state index contributed by atoms with van der Waals surface area (Å²) in [7, 11) is 1.34. The molecule has 8 heteroatoms. The van der Waals surface area contributed by atoms with Crippen LogP contribution < -0.4 is 4.74 Å². The average molecular weight is 372 g/mol. The minimum atomic E-state index is -0.847. The molecule has 1 aromatic heterocycles. The summed E-state index contributed by atoms with van der Waals surface area (Å²) in [5, 5.41) is 10.9. The van der Waals surface area contributed by atoms with E-state index in [1.54, 1.807) is 6.07 Å². The third-order valence-corrected chi connectivity index (χ3v) is 4.64. The van der Waals surface area contributed by atoms with Crippen molar-refractivity contribution < 1.29 is 24.0 Å². The first-order chi connectivity index (χ1) is 12.8. The van der Waals surface area contributed by atoms with Crippen LogP contribution in [-0.2, 0) is 4.74 Å². The van der Waals surface area contributed by atoms with Crippen LogP contribution in [0.4, 0.5) is 5.69 Å². The number of aryl methyl sites for hydroxylation is 1. The zero-order valence-electron chi connectivity index (χ0n) is 15.4. The van der Waals surface area contributed by atoms with Gasteiger partial charge in [0.05, 0.1) is 12.0 Å². The summed E-state index contributed by atoms with van der Waals surface area (Å²) >= 11 is 0. The number of ether oxygens (including phenoxy) is 2. The topological polar surface area (TPSA) is 101 Å². The number of nitrogens with zero attached hydrogens (tertiary/aromatic N) is 2. The number of non-ortho nitro benzene ring substituents is 1. The van der Waals surface area contributed by atoms with Crippen molar-refractivity contribution in [3.63, 3.8) is 0 Å². The lowest BCUT2D eigenvalue weighted by atomic mass is 10.1. The van der Waals surface area contributed by atoms with Crippen molar-refractivity contribution in [1.82, 2.24) is 4.57 Å². The molecule has 2 aromatic rings. The van der Waals surface area contributed by atoms with Crippen LogP contribution in [0.25, 0.3) is 0 Å². The van der Waals surface area contributed by atoms with Gasteiger partial charge in [-0.25, -0.2) is 4.79 Å². The van der Waals surface area contributed by atoms with Crippen LogP contribution in [0.3, 0.4) is 0 Å². The van der Waals surface area contributed by atoms with E-state index in [4.69, 9.17) is 9.47 Å². The van der Waals surface area contributed by atoms with Gasteiger partial charge in [0, 0.05) is 35.1 Å². The zero-order valence-corrected chi connectivity index (χ0v) is 15.4. The van der Waals surface area contributed by atoms with Crippen LogP contribution in [0.5, 0.6) is 5.75 Å². The van der Waals surface area contributed by atoms with Crippen molar-refractivity contribution in [2.75, 3.05) is 13.7 Å². The Labute approximate surface area is 155 Å². The maximum absolute atomic E-state index is 12.5. The lowest BCUT2D eigenvalue weighted by molar-refractivity contribution is -0.384. The number of hydrogen-bond acceptors (Lipinski definition) is 6. The van der Waals surface area contributed by atoms with Gasteiger partial charge in [-0.15, -0.1) is 0 Å². The van der Waals surface area contributed by atoms with Crippen LogP contribution in [0.2, 0.25) is 0 Å². The van der Waals surface area contributed by atoms with Gasteiger partial charge < -0.3 is 14.0 Å². The molecule has 27 heavy (non-hydrogen) atoms. The van der Waals surface area contributed by atoms with E-state index in [0.717, 1.165) is 30.3 Å². The smallest absolute Gasteiger partial charge is 0.342 e. The molecular formula is C19H20N2O6. The Balaban J connectivity index is 1.74. The highest BCUT2D eigenvalue weighted by atomic mass is 16.6. The third kappa shape index (κ3) is 3.69. The molecule has 0 saturated heterocycles. The predicted octanol–water partition coefficient (Wildman–Crippen LogP) is 3.40. The summed E-state index contributed by atoms with van der Waals surface area (Å²) in [5.74, 6) is -1.02. The van der Waals surface area contributed by atoms with Crippen LogP contribution in [-0.4, -0.2) is 35.0 Å². The number of nitro benzene ring substituents is 1. The molecule has 0 bridgehead atoms. The maximum Gasteiger partial charge on any atom is 0.342 e. The molecule has 142 valence electrons. The first-order valence-corrected chi connectivity index (χ1v) is 8.54. The lowest BCUT2D eigenvalue weighted by Gasteiger charge is -2.09. The molecule has 0 unspecified atom stereocenters.